The molecule has 124 valence electrons. The van der Waals surface area contributed by atoms with Gasteiger partial charge in [-0.05, 0) is 18.1 Å². The van der Waals surface area contributed by atoms with E-state index >= 15 is 0 Å². The molecule has 1 aromatic carbocycles. The van der Waals surface area contributed by atoms with E-state index in [9.17, 15) is 14.4 Å². The van der Waals surface area contributed by atoms with Gasteiger partial charge in [-0.3, -0.25) is 19.3 Å². The lowest BCUT2D eigenvalue weighted by Gasteiger charge is -2.29. The van der Waals surface area contributed by atoms with E-state index in [2.05, 4.69) is 0 Å². The number of aldehydes is 1. The summed E-state index contributed by atoms with van der Waals surface area (Å²) in [5.41, 5.74) is 0.642. The Labute approximate surface area is 134 Å². The number of nitrogens with zero attached hydrogens (tertiary/aromatic N) is 1. The van der Waals surface area contributed by atoms with Gasteiger partial charge in [-0.1, -0.05) is 13.8 Å². The third-order valence-electron chi connectivity index (χ3n) is 3.21. The smallest absolute Gasteiger partial charge is 0.326 e. The highest BCUT2D eigenvalue weighted by Gasteiger charge is 2.30. The second kappa shape index (κ2) is 7.13. The Bertz CT molecular complexity index is 625. The summed E-state index contributed by atoms with van der Waals surface area (Å²) in [4.78, 5) is 36.3. The predicted molar refractivity (Wildman–Crippen MR) is 82.0 cm³/mol. The van der Waals surface area contributed by atoms with Crippen molar-refractivity contribution in [3.05, 3.63) is 17.7 Å². The van der Waals surface area contributed by atoms with Gasteiger partial charge in [0.25, 0.3) is 5.91 Å². The lowest BCUT2D eigenvalue weighted by Crippen LogP contribution is -2.42. The number of ether oxygens (including phenoxy) is 3. The predicted octanol–water partition coefficient (Wildman–Crippen LogP) is 1.43. The monoisotopic (exact) mass is 321 g/mol. The van der Waals surface area contributed by atoms with Crippen LogP contribution < -0.4 is 14.4 Å². The lowest BCUT2D eigenvalue weighted by molar-refractivity contribution is -0.144. The van der Waals surface area contributed by atoms with Crippen molar-refractivity contribution in [2.45, 2.75) is 13.8 Å². The first-order chi connectivity index (χ1) is 11.0. The van der Waals surface area contributed by atoms with Gasteiger partial charge in [0.05, 0.1) is 19.4 Å². The molecule has 1 aliphatic heterocycles. The average molecular weight is 321 g/mol. The Morgan fingerprint density at radius 2 is 2.17 bits per heavy atom. The molecule has 1 heterocycles. The maximum atomic E-state index is 12.1. The maximum absolute atomic E-state index is 12.1. The van der Waals surface area contributed by atoms with Crippen LogP contribution in [0.5, 0.6) is 11.5 Å². The van der Waals surface area contributed by atoms with Gasteiger partial charge in [-0.2, -0.15) is 0 Å². The molecular formula is C16H19NO6. The van der Waals surface area contributed by atoms with Crippen LogP contribution in [0.15, 0.2) is 12.1 Å². The third-order valence-corrected chi connectivity index (χ3v) is 3.21. The highest BCUT2D eigenvalue weighted by atomic mass is 16.5. The van der Waals surface area contributed by atoms with Crippen LogP contribution in [0.25, 0.3) is 0 Å². The Morgan fingerprint density at radius 3 is 2.78 bits per heavy atom. The van der Waals surface area contributed by atoms with E-state index in [1.54, 1.807) is 0 Å². The van der Waals surface area contributed by atoms with Gasteiger partial charge < -0.3 is 14.2 Å². The van der Waals surface area contributed by atoms with Crippen LogP contribution in [0.3, 0.4) is 0 Å². The van der Waals surface area contributed by atoms with Gasteiger partial charge in [-0.25, -0.2) is 0 Å². The minimum atomic E-state index is -0.518. The molecule has 0 aliphatic carbocycles. The van der Waals surface area contributed by atoms with E-state index in [1.165, 1.54) is 24.1 Å². The minimum absolute atomic E-state index is 0.202. The quantitative estimate of drug-likeness (QED) is 0.582. The van der Waals surface area contributed by atoms with Crippen LogP contribution in [0.1, 0.15) is 24.2 Å². The number of anilines is 1. The summed E-state index contributed by atoms with van der Waals surface area (Å²) >= 11 is 0. The SMILES string of the molecule is COc1cc(C=O)cc2c1OCC(=O)N2CC(=O)OCC(C)C. The van der Waals surface area contributed by atoms with Gasteiger partial charge in [0.15, 0.2) is 18.1 Å². The number of rotatable bonds is 6. The highest BCUT2D eigenvalue weighted by molar-refractivity contribution is 6.02. The maximum Gasteiger partial charge on any atom is 0.326 e. The first-order valence-electron chi connectivity index (χ1n) is 7.22. The largest absolute Gasteiger partial charge is 0.493 e. The molecule has 0 saturated carbocycles. The zero-order valence-electron chi connectivity index (χ0n) is 13.3. The fourth-order valence-corrected chi connectivity index (χ4v) is 2.13. The van der Waals surface area contributed by atoms with Crippen molar-refractivity contribution in [2.75, 3.05) is 31.8 Å². The van der Waals surface area contributed by atoms with Crippen molar-refractivity contribution in [3.8, 4) is 11.5 Å². The molecule has 0 spiro atoms. The van der Waals surface area contributed by atoms with E-state index in [1.807, 2.05) is 13.8 Å². The fourth-order valence-electron chi connectivity index (χ4n) is 2.13. The van der Waals surface area contributed by atoms with Crippen LogP contribution in [0.4, 0.5) is 5.69 Å². The second-order valence-electron chi connectivity index (χ2n) is 5.53. The molecule has 0 saturated heterocycles. The molecular weight excluding hydrogens is 302 g/mol. The number of hydrogen-bond donors (Lipinski definition) is 0. The lowest BCUT2D eigenvalue weighted by atomic mass is 10.1. The number of methoxy groups -OCH3 is 1. The van der Waals surface area contributed by atoms with Crippen molar-refractivity contribution >= 4 is 23.9 Å². The van der Waals surface area contributed by atoms with E-state index in [4.69, 9.17) is 14.2 Å². The molecule has 0 N–H and O–H groups in total. The number of amides is 1. The number of benzene rings is 1. The summed E-state index contributed by atoms with van der Waals surface area (Å²) < 4.78 is 15.7. The van der Waals surface area contributed by atoms with E-state index in [0.717, 1.165) is 0 Å². The molecule has 0 fully saturated rings. The van der Waals surface area contributed by atoms with Crippen molar-refractivity contribution < 1.29 is 28.6 Å². The molecule has 1 amide bonds. The van der Waals surface area contributed by atoms with Crippen molar-refractivity contribution in [3.63, 3.8) is 0 Å². The van der Waals surface area contributed by atoms with Crippen molar-refractivity contribution in [2.24, 2.45) is 5.92 Å². The highest BCUT2D eigenvalue weighted by Crippen LogP contribution is 2.41. The van der Waals surface area contributed by atoms with Crippen LogP contribution in [0, 0.1) is 5.92 Å². The summed E-state index contributed by atoms with van der Waals surface area (Å²) in [6, 6.07) is 2.99. The number of carbonyl (C=O) groups excluding carboxylic acids is 3. The number of esters is 1. The molecule has 1 aliphatic rings. The summed E-state index contributed by atoms with van der Waals surface area (Å²) in [6.07, 6.45) is 0.636. The molecule has 1 aromatic rings. The first kappa shape index (κ1) is 16.8. The minimum Gasteiger partial charge on any atom is -0.493 e. The standard InChI is InChI=1S/C16H19NO6/c1-10(2)8-22-15(20)6-17-12-4-11(7-18)5-13(21-3)16(12)23-9-14(17)19/h4-5,7,10H,6,8-9H2,1-3H3. The second-order valence-corrected chi connectivity index (χ2v) is 5.53. The summed E-state index contributed by atoms with van der Waals surface area (Å²) in [5.74, 6) is -0.0418. The summed E-state index contributed by atoms with van der Waals surface area (Å²) in [6.45, 7) is 3.67. The van der Waals surface area contributed by atoms with E-state index in [-0.39, 0.29) is 31.6 Å². The third kappa shape index (κ3) is 3.80. The molecule has 7 nitrogen and oxygen atoms in total. The molecule has 0 radical (unpaired) electrons. The van der Waals surface area contributed by atoms with Gasteiger partial charge in [0.1, 0.15) is 12.8 Å². The summed E-state index contributed by atoms with van der Waals surface area (Å²) in [5, 5.41) is 0. The Kier molecular flexibility index (Phi) is 5.20. The Balaban J connectivity index is 2.30. The van der Waals surface area contributed by atoms with Gasteiger partial charge in [0, 0.05) is 5.56 Å². The Morgan fingerprint density at radius 1 is 1.43 bits per heavy atom. The molecule has 0 aromatic heterocycles. The molecule has 23 heavy (non-hydrogen) atoms. The topological polar surface area (TPSA) is 82.1 Å². The molecule has 7 heteroatoms. The van der Waals surface area contributed by atoms with Crippen molar-refractivity contribution in [1.29, 1.82) is 0 Å². The molecule has 0 atom stereocenters. The van der Waals surface area contributed by atoms with Gasteiger partial charge in [-0.15, -0.1) is 0 Å². The van der Waals surface area contributed by atoms with Crippen molar-refractivity contribution in [1.82, 2.24) is 0 Å². The number of fused-ring (bicyclic) bond motifs is 1. The van der Waals surface area contributed by atoms with Gasteiger partial charge in [0.2, 0.25) is 0 Å². The zero-order chi connectivity index (χ0) is 17.0. The Hall–Kier alpha value is -2.57. The number of carbonyl (C=O) groups is 3. The van der Waals surface area contributed by atoms with Crippen LogP contribution in [-0.2, 0) is 14.3 Å². The molecule has 0 bridgehead atoms. The van der Waals surface area contributed by atoms with Gasteiger partial charge >= 0.3 is 5.97 Å². The summed E-state index contributed by atoms with van der Waals surface area (Å²) in [7, 11) is 1.44. The van der Waals surface area contributed by atoms with Crippen LogP contribution in [-0.4, -0.2) is 45.0 Å². The van der Waals surface area contributed by atoms with E-state index < -0.39 is 5.97 Å². The first-order valence-corrected chi connectivity index (χ1v) is 7.22. The molecule has 2 rings (SSSR count). The van der Waals surface area contributed by atoms with E-state index in [0.29, 0.717) is 29.0 Å². The average Bonchev–Trinajstić information content (AvgIpc) is 2.54. The normalized spacial score (nSPS) is 13.4. The number of hydrogen-bond acceptors (Lipinski definition) is 6. The van der Waals surface area contributed by atoms with Crippen LogP contribution >= 0.6 is 0 Å². The zero-order valence-corrected chi connectivity index (χ0v) is 13.3. The van der Waals surface area contributed by atoms with Crippen LogP contribution in [0.2, 0.25) is 0 Å². The fraction of sp³-hybridized carbons (Fsp3) is 0.438. The molecule has 0 unspecified atom stereocenters.